The molecule has 0 aliphatic carbocycles. The number of nitrogens with one attached hydrogen (secondary N) is 1. The van der Waals surface area contributed by atoms with Gasteiger partial charge in [-0.25, -0.2) is 5.01 Å². The average molecular weight is 222 g/mol. The second-order valence-electron chi connectivity index (χ2n) is 4.51. The molecule has 1 aliphatic heterocycles. The zero-order chi connectivity index (χ0) is 11.4. The van der Waals surface area contributed by atoms with Crippen LogP contribution in [0.25, 0.3) is 0 Å². The number of hydrazine groups is 1. The first-order chi connectivity index (χ1) is 7.79. The minimum atomic E-state index is 0.914. The first kappa shape index (κ1) is 11.6. The predicted octanol–water partition coefficient (Wildman–Crippen LogP) is 1.47. The van der Waals surface area contributed by atoms with Crippen molar-refractivity contribution in [1.82, 2.24) is 20.2 Å². The summed E-state index contributed by atoms with van der Waals surface area (Å²) in [5.41, 5.74) is 6.05. The van der Waals surface area contributed by atoms with E-state index in [1.54, 1.807) is 0 Å². The van der Waals surface area contributed by atoms with Gasteiger partial charge in [-0.05, 0) is 19.3 Å². The van der Waals surface area contributed by atoms with Crippen molar-refractivity contribution in [2.75, 3.05) is 13.1 Å². The van der Waals surface area contributed by atoms with E-state index in [-0.39, 0.29) is 0 Å². The van der Waals surface area contributed by atoms with Crippen molar-refractivity contribution in [3.8, 4) is 0 Å². The monoisotopic (exact) mass is 222 g/mol. The van der Waals surface area contributed by atoms with Gasteiger partial charge in [-0.2, -0.15) is 5.10 Å². The number of hydrogen-bond donors (Lipinski definition) is 1. The van der Waals surface area contributed by atoms with Gasteiger partial charge < -0.3 is 0 Å². The van der Waals surface area contributed by atoms with Crippen molar-refractivity contribution in [3.63, 3.8) is 0 Å². The van der Waals surface area contributed by atoms with Gasteiger partial charge in [0.15, 0.2) is 0 Å². The topological polar surface area (TPSA) is 33.1 Å². The van der Waals surface area contributed by atoms with E-state index < -0.39 is 0 Å². The molecule has 0 aromatic carbocycles. The zero-order valence-corrected chi connectivity index (χ0v) is 10.4. The van der Waals surface area contributed by atoms with E-state index in [1.807, 2.05) is 11.7 Å². The van der Waals surface area contributed by atoms with E-state index >= 15 is 0 Å². The minimum Gasteiger partial charge on any atom is -0.275 e. The molecule has 4 nitrogen and oxygen atoms in total. The summed E-state index contributed by atoms with van der Waals surface area (Å²) >= 11 is 0. The third kappa shape index (κ3) is 2.83. The number of piperidine rings is 1. The number of hydrogen-bond acceptors (Lipinski definition) is 3. The first-order valence-corrected chi connectivity index (χ1v) is 6.29. The fraction of sp³-hybridized carbons (Fsp3) is 0.750. The van der Waals surface area contributed by atoms with Gasteiger partial charge in [0.2, 0.25) is 0 Å². The Bertz CT molecular complexity index is 326. The molecule has 4 heteroatoms. The lowest BCUT2D eigenvalue weighted by Crippen LogP contribution is -2.41. The van der Waals surface area contributed by atoms with Gasteiger partial charge in [-0.3, -0.25) is 10.1 Å². The van der Waals surface area contributed by atoms with E-state index in [0.717, 1.165) is 13.0 Å². The van der Waals surface area contributed by atoms with Crippen LogP contribution in [-0.4, -0.2) is 27.9 Å². The van der Waals surface area contributed by atoms with Crippen molar-refractivity contribution < 1.29 is 0 Å². The molecule has 0 unspecified atom stereocenters. The van der Waals surface area contributed by atoms with E-state index in [0.29, 0.717) is 0 Å². The molecular weight excluding hydrogens is 200 g/mol. The van der Waals surface area contributed by atoms with Crippen LogP contribution in [0.2, 0.25) is 0 Å². The maximum Gasteiger partial charge on any atom is 0.0667 e. The molecule has 1 aliphatic rings. The smallest absolute Gasteiger partial charge is 0.0667 e. The molecular formula is C12H22N4. The van der Waals surface area contributed by atoms with Crippen molar-refractivity contribution in [3.05, 3.63) is 17.5 Å². The van der Waals surface area contributed by atoms with Gasteiger partial charge in [0.05, 0.1) is 5.69 Å². The van der Waals surface area contributed by atoms with Crippen LogP contribution in [0.4, 0.5) is 0 Å². The van der Waals surface area contributed by atoms with Crippen LogP contribution >= 0.6 is 0 Å². The van der Waals surface area contributed by atoms with Crippen LogP contribution in [0.15, 0.2) is 6.20 Å². The quantitative estimate of drug-likeness (QED) is 0.837. The normalized spacial score (nSPS) is 17.9. The number of nitrogens with zero attached hydrogens (tertiary/aromatic N) is 3. The molecule has 0 atom stereocenters. The molecule has 0 radical (unpaired) electrons. The van der Waals surface area contributed by atoms with Crippen LogP contribution in [0, 0.1) is 0 Å². The summed E-state index contributed by atoms with van der Waals surface area (Å²) in [5.74, 6) is 0. The largest absolute Gasteiger partial charge is 0.275 e. The molecule has 2 heterocycles. The molecule has 2 rings (SSSR count). The Morgan fingerprint density at radius 2 is 2.06 bits per heavy atom. The van der Waals surface area contributed by atoms with E-state index in [2.05, 4.69) is 28.7 Å². The fourth-order valence-electron chi connectivity index (χ4n) is 2.28. The highest BCUT2D eigenvalue weighted by Crippen LogP contribution is 2.09. The Balaban J connectivity index is 1.87. The van der Waals surface area contributed by atoms with Crippen LogP contribution < -0.4 is 5.43 Å². The molecule has 1 saturated heterocycles. The van der Waals surface area contributed by atoms with E-state index in [1.165, 1.54) is 43.6 Å². The molecule has 1 N–H and O–H groups in total. The molecule has 0 saturated carbocycles. The summed E-state index contributed by atoms with van der Waals surface area (Å²) in [4.78, 5) is 0. The SMILES string of the molecule is CCc1nn(C)cc1CNN1CCCCC1. The van der Waals surface area contributed by atoms with Gasteiger partial charge >= 0.3 is 0 Å². The first-order valence-electron chi connectivity index (χ1n) is 6.29. The molecule has 1 aromatic rings. The summed E-state index contributed by atoms with van der Waals surface area (Å²) in [6.07, 6.45) is 7.15. The van der Waals surface area contributed by atoms with Crippen LogP contribution in [0.3, 0.4) is 0 Å². The Hall–Kier alpha value is -0.870. The van der Waals surface area contributed by atoms with Gasteiger partial charge in [0.1, 0.15) is 0 Å². The lowest BCUT2D eigenvalue weighted by atomic mass is 10.2. The molecule has 0 spiro atoms. The van der Waals surface area contributed by atoms with E-state index in [9.17, 15) is 0 Å². The van der Waals surface area contributed by atoms with Crippen molar-refractivity contribution in [1.29, 1.82) is 0 Å². The Morgan fingerprint density at radius 1 is 1.31 bits per heavy atom. The number of aromatic nitrogens is 2. The highest BCUT2D eigenvalue weighted by Gasteiger charge is 2.11. The second kappa shape index (κ2) is 5.46. The summed E-state index contributed by atoms with van der Waals surface area (Å²) in [6, 6.07) is 0. The van der Waals surface area contributed by atoms with Gasteiger partial charge in [0, 0.05) is 38.4 Å². The third-order valence-electron chi connectivity index (χ3n) is 3.18. The maximum atomic E-state index is 4.45. The summed E-state index contributed by atoms with van der Waals surface area (Å²) < 4.78 is 1.91. The minimum absolute atomic E-state index is 0.914. The third-order valence-corrected chi connectivity index (χ3v) is 3.18. The maximum absolute atomic E-state index is 4.45. The van der Waals surface area contributed by atoms with Crippen LogP contribution in [-0.2, 0) is 20.0 Å². The zero-order valence-electron chi connectivity index (χ0n) is 10.4. The van der Waals surface area contributed by atoms with Gasteiger partial charge in [-0.15, -0.1) is 0 Å². The predicted molar refractivity (Wildman–Crippen MR) is 64.8 cm³/mol. The second-order valence-corrected chi connectivity index (χ2v) is 4.51. The molecule has 1 aromatic heterocycles. The molecule has 0 bridgehead atoms. The summed E-state index contributed by atoms with van der Waals surface area (Å²) in [6.45, 7) is 5.44. The summed E-state index contributed by atoms with van der Waals surface area (Å²) in [5, 5.41) is 6.79. The van der Waals surface area contributed by atoms with Crippen molar-refractivity contribution in [2.24, 2.45) is 7.05 Å². The lowest BCUT2D eigenvalue weighted by molar-refractivity contribution is 0.151. The molecule has 16 heavy (non-hydrogen) atoms. The average Bonchev–Trinajstić information content (AvgIpc) is 2.68. The van der Waals surface area contributed by atoms with Gasteiger partial charge in [-0.1, -0.05) is 13.3 Å². The molecule has 0 amide bonds. The number of rotatable bonds is 4. The van der Waals surface area contributed by atoms with Crippen LogP contribution in [0.5, 0.6) is 0 Å². The van der Waals surface area contributed by atoms with Crippen molar-refractivity contribution in [2.45, 2.75) is 39.2 Å². The lowest BCUT2D eigenvalue weighted by Gasteiger charge is -2.27. The molecule has 90 valence electrons. The molecule has 1 fully saturated rings. The summed E-state index contributed by atoms with van der Waals surface area (Å²) in [7, 11) is 1.99. The Morgan fingerprint density at radius 3 is 2.75 bits per heavy atom. The number of aryl methyl sites for hydroxylation is 2. The van der Waals surface area contributed by atoms with E-state index in [4.69, 9.17) is 0 Å². The van der Waals surface area contributed by atoms with Crippen LogP contribution in [0.1, 0.15) is 37.4 Å². The van der Waals surface area contributed by atoms with Crippen molar-refractivity contribution >= 4 is 0 Å². The highest BCUT2D eigenvalue weighted by molar-refractivity contribution is 5.16. The highest BCUT2D eigenvalue weighted by atomic mass is 15.5. The standard InChI is InChI=1S/C12H22N4/c1-3-12-11(10-15(2)14-12)9-13-16-7-5-4-6-8-16/h10,13H,3-9H2,1-2H3. The Labute approximate surface area is 97.6 Å². The Kier molecular flexibility index (Phi) is 3.96. The fourth-order valence-corrected chi connectivity index (χ4v) is 2.28. The van der Waals surface area contributed by atoms with Gasteiger partial charge in [0.25, 0.3) is 0 Å².